The Morgan fingerprint density at radius 1 is 1.27 bits per heavy atom. The second-order valence-corrected chi connectivity index (χ2v) is 10.0. The van der Waals surface area contributed by atoms with Crippen LogP contribution in [0.5, 0.6) is 11.5 Å². The normalized spacial score (nSPS) is 14.5. The maximum Gasteiger partial charge on any atom is 0.263 e. The quantitative estimate of drug-likeness (QED) is 0.386. The molecule has 0 spiro atoms. The van der Waals surface area contributed by atoms with Crippen molar-refractivity contribution in [1.82, 2.24) is 14.9 Å². The SMILES string of the molecule is COCCn1c(SCC(=O)NCc2ccc3c(c2)OCO3)nc2sc3c(c2c1=O)CCCC3. The van der Waals surface area contributed by atoms with Crippen molar-refractivity contribution < 1.29 is 19.0 Å². The molecule has 1 aliphatic heterocycles. The third-order valence-corrected chi connectivity index (χ3v) is 7.98. The molecule has 5 rings (SSSR count). The molecule has 0 saturated heterocycles. The van der Waals surface area contributed by atoms with E-state index in [1.54, 1.807) is 23.0 Å². The van der Waals surface area contributed by atoms with Gasteiger partial charge in [0.15, 0.2) is 16.7 Å². The van der Waals surface area contributed by atoms with Crippen LogP contribution in [0.2, 0.25) is 0 Å². The fourth-order valence-electron chi connectivity index (χ4n) is 4.14. The van der Waals surface area contributed by atoms with Gasteiger partial charge in [-0.25, -0.2) is 4.98 Å². The van der Waals surface area contributed by atoms with Gasteiger partial charge in [0, 0.05) is 18.5 Å². The van der Waals surface area contributed by atoms with E-state index in [0.29, 0.717) is 36.4 Å². The van der Waals surface area contributed by atoms with Gasteiger partial charge in [-0.3, -0.25) is 14.2 Å². The summed E-state index contributed by atoms with van der Waals surface area (Å²) in [5.74, 6) is 1.44. The van der Waals surface area contributed by atoms with Gasteiger partial charge < -0.3 is 19.5 Å². The summed E-state index contributed by atoms with van der Waals surface area (Å²) in [6.45, 7) is 1.42. The highest BCUT2D eigenvalue weighted by Gasteiger charge is 2.22. The highest BCUT2D eigenvalue weighted by Crippen LogP contribution is 2.35. The molecule has 10 heteroatoms. The minimum absolute atomic E-state index is 0.0280. The third-order valence-electron chi connectivity index (χ3n) is 5.82. The molecule has 2 aromatic heterocycles. The molecule has 1 N–H and O–H groups in total. The number of benzene rings is 1. The molecule has 174 valence electrons. The zero-order valence-corrected chi connectivity index (χ0v) is 20.0. The van der Waals surface area contributed by atoms with Gasteiger partial charge >= 0.3 is 0 Å². The Hall–Kier alpha value is -2.56. The number of aromatic nitrogens is 2. The Morgan fingerprint density at radius 2 is 2.12 bits per heavy atom. The van der Waals surface area contributed by atoms with Gasteiger partial charge in [0.05, 0.1) is 24.3 Å². The number of rotatable bonds is 8. The van der Waals surface area contributed by atoms with Crippen LogP contribution in [0.15, 0.2) is 28.2 Å². The molecule has 1 aliphatic carbocycles. The van der Waals surface area contributed by atoms with Gasteiger partial charge in [-0.05, 0) is 48.9 Å². The average Bonchev–Trinajstić information content (AvgIpc) is 3.44. The van der Waals surface area contributed by atoms with Gasteiger partial charge in [0.2, 0.25) is 12.7 Å². The first-order valence-electron chi connectivity index (χ1n) is 11.0. The summed E-state index contributed by atoms with van der Waals surface area (Å²) < 4.78 is 17.6. The van der Waals surface area contributed by atoms with Gasteiger partial charge in [-0.1, -0.05) is 17.8 Å². The topological polar surface area (TPSA) is 91.7 Å². The number of nitrogens with one attached hydrogen (secondary N) is 1. The van der Waals surface area contributed by atoms with Crippen molar-refractivity contribution in [3.8, 4) is 11.5 Å². The number of nitrogens with zero attached hydrogens (tertiary/aromatic N) is 2. The Labute approximate surface area is 199 Å². The van der Waals surface area contributed by atoms with E-state index in [-0.39, 0.29) is 24.0 Å². The lowest BCUT2D eigenvalue weighted by molar-refractivity contribution is -0.118. The van der Waals surface area contributed by atoms with Crippen LogP contribution in [-0.4, -0.2) is 41.7 Å². The van der Waals surface area contributed by atoms with Crippen molar-refractivity contribution in [3.63, 3.8) is 0 Å². The number of carbonyl (C=O) groups excluding carboxylic acids is 1. The fourth-order valence-corrected chi connectivity index (χ4v) is 6.30. The summed E-state index contributed by atoms with van der Waals surface area (Å²) >= 11 is 2.90. The maximum atomic E-state index is 13.4. The summed E-state index contributed by atoms with van der Waals surface area (Å²) in [7, 11) is 1.61. The summed E-state index contributed by atoms with van der Waals surface area (Å²) in [5, 5.41) is 4.23. The average molecular weight is 488 g/mol. The molecule has 0 radical (unpaired) electrons. The molecular weight excluding hydrogens is 462 g/mol. The maximum absolute atomic E-state index is 13.4. The second kappa shape index (κ2) is 9.74. The molecular formula is C23H25N3O5S2. The number of aryl methyl sites for hydroxylation is 2. The Bertz CT molecular complexity index is 1250. The minimum atomic E-state index is -0.129. The van der Waals surface area contributed by atoms with Crippen LogP contribution in [-0.2, 0) is 35.5 Å². The molecule has 3 aromatic rings. The van der Waals surface area contributed by atoms with Crippen LogP contribution in [0.4, 0.5) is 0 Å². The number of amides is 1. The third kappa shape index (κ3) is 4.60. The van der Waals surface area contributed by atoms with Gasteiger partial charge in [-0.2, -0.15) is 0 Å². The molecule has 33 heavy (non-hydrogen) atoms. The molecule has 1 aromatic carbocycles. The van der Waals surface area contributed by atoms with Crippen LogP contribution >= 0.6 is 23.1 Å². The lowest BCUT2D eigenvalue weighted by Crippen LogP contribution is -2.27. The zero-order valence-electron chi connectivity index (χ0n) is 18.3. The van der Waals surface area contributed by atoms with Crippen LogP contribution in [0, 0.1) is 0 Å². The van der Waals surface area contributed by atoms with E-state index in [0.717, 1.165) is 41.5 Å². The smallest absolute Gasteiger partial charge is 0.263 e. The molecule has 2 aliphatic rings. The molecule has 0 unspecified atom stereocenters. The predicted octanol–water partition coefficient (Wildman–Crippen LogP) is 3.12. The summed E-state index contributed by atoms with van der Waals surface area (Å²) in [4.78, 5) is 32.8. The highest BCUT2D eigenvalue weighted by atomic mass is 32.2. The molecule has 0 saturated carbocycles. The molecule has 3 heterocycles. The predicted molar refractivity (Wildman–Crippen MR) is 128 cm³/mol. The second-order valence-electron chi connectivity index (χ2n) is 7.99. The van der Waals surface area contributed by atoms with E-state index in [1.807, 2.05) is 18.2 Å². The van der Waals surface area contributed by atoms with E-state index in [4.69, 9.17) is 19.2 Å². The molecule has 0 fully saturated rings. The molecule has 1 amide bonds. The van der Waals surface area contributed by atoms with Gasteiger partial charge in [0.25, 0.3) is 5.56 Å². The van der Waals surface area contributed by atoms with Crippen LogP contribution in [0.25, 0.3) is 10.2 Å². The lowest BCUT2D eigenvalue weighted by Gasteiger charge is -2.13. The van der Waals surface area contributed by atoms with Crippen molar-refractivity contribution in [1.29, 1.82) is 0 Å². The van der Waals surface area contributed by atoms with Crippen LogP contribution in [0.1, 0.15) is 28.8 Å². The standard InChI is InChI=1S/C23H25N3O5S2/c1-29-9-8-26-22(28)20-15-4-2-3-5-18(15)33-21(20)25-23(26)32-12-19(27)24-11-14-6-7-16-17(10-14)31-13-30-16/h6-7,10H,2-5,8-9,11-13H2,1H3,(H,24,27). The number of fused-ring (bicyclic) bond motifs is 4. The van der Waals surface area contributed by atoms with Crippen molar-refractivity contribution in [2.75, 3.05) is 26.3 Å². The first-order valence-corrected chi connectivity index (χ1v) is 12.8. The lowest BCUT2D eigenvalue weighted by atomic mass is 9.97. The van der Waals surface area contributed by atoms with Crippen LogP contribution in [0.3, 0.4) is 0 Å². The largest absolute Gasteiger partial charge is 0.454 e. The first-order chi connectivity index (χ1) is 16.1. The van der Waals surface area contributed by atoms with E-state index >= 15 is 0 Å². The van der Waals surface area contributed by atoms with Crippen molar-refractivity contribution >= 4 is 39.2 Å². The number of carbonyl (C=O) groups is 1. The fraction of sp³-hybridized carbons (Fsp3) is 0.435. The van der Waals surface area contributed by atoms with E-state index in [9.17, 15) is 9.59 Å². The molecule has 0 bridgehead atoms. The summed E-state index contributed by atoms with van der Waals surface area (Å²) in [6.07, 6.45) is 4.21. The van der Waals surface area contributed by atoms with E-state index in [2.05, 4.69) is 5.32 Å². The van der Waals surface area contributed by atoms with E-state index in [1.165, 1.54) is 22.2 Å². The monoisotopic (exact) mass is 487 g/mol. The van der Waals surface area contributed by atoms with E-state index < -0.39 is 0 Å². The zero-order chi connectivity index (χ0) is 22.8. The number of hydrogen-bond acceptors (Lipinski definition) is 8. The number of thiophene rings is 1. The van der Waals surface area contributed by atoms with Gasteiger partial charge in [-0.15, -0.1) is 11.3 Å². The Kier molecular flexibility index (Phi) is 6.57. The number of methoxy groups -OCH3 is 1. The Morgan fingerprint density at radius 3 is 3.00 bits per heavy atom. The van der Waals surface area contributed by atoms with Crippen LogP contribution < -0.4 is 20.3 Å². The molecule has 0 atom stereocenters. The van der Waals surface area contributed by atoms with Crippen molar-refractivity contribution in [3.05, 3.63) is 44.6 Å². The van der Waals surface area contributed by atoms with Crippen molar-refractivity contribution in [2.24, 2.45) is 0 Å². The van der Waals surface area contributed by atoms with Gasteiger partial charge in [0.1, 0.15) is 4.83 Å². The summed E-state index contributed by atoms with van der Waals surface area (Å²) in [5.41, 5.74) is 2.07. The number of ether oxygens (including phenoxy) is 3. The Balaban J connectivity index is 1.31. The minimum Gasteiger partial charge on any atom is -0.454 e. The summed E-state index contributed by atoms with van der Waals surface area (Å²) in [6, 6.07) is 5.61. The first kappa shape index (κ1) is 22.2. The number of thioether (sulfide) groups is 1. The molecule has 8 nitrogen and oxygen atoms in total. The highest BCUT2D eigenvalue weighted by molar-refractivity contribution is 7.99. The van der Waals surface area contributed by atoms with Crippen molar-refractivity contribution in [2.45, 2.75) is 43.9 Å². The number of hydrogen-bond donors (Lipinski definition) is 1.